The third-order valence-corrected chi connectivity index (χ3v) is 3.80. The van der Waals surface area contributed by atoms with Crippen molar-refractivity contribution in [3.63, 3.8) is 0 Å². The largest absolute Gasteiger partial charge is 0.466 e. The molecule has 0 radical (unpaired) electrons. The maximum Gasteiger partial charge on any atom is 0.313 e. The minimum absolute atomic E-state index is 0.179. The van der Waals surface area contributed by atoms with E-state index in [9.17, 15) is 9.90 Å². The Bertz CT molecular complexity index is 256. The Morgan fingerprint density at radius 1 is 1.53 bits per heavy atom. The Balaban J connectivity index is 2.12. The minimum atomic E-state index is -0.516. The van der Waals surface area contributed by atoms with Crippen molar-refractivity contribution in [1.82, 2.24) is 4.90 Å². The molecular weight excluding hydrogens is 194 g/mol. The van der Waals surface area contributed by atoms with Gasteiger partial charge in [-0.15, -0.1) is 0 Å². The van der Waals surface area contributed by atoms with Gasteiger partial charge in [-0.3, -0.25) is 9.69 Å². The number of aliphatic hydroxyl groups excluding tert-OH is 1. The fourth-order valence-electron chi connectivity index (χ4n) is 2.99. The average molecular weight is 213 g/mol. The lowest BCUT2D eigenvalue weighted by Crippen LogP contribution is -2.52. The number of nitrogens with zero attached hydrogens (tertiary/aromatic N) is 1. The Kier molecular flexibility index (Phi) is 2.98. The van der Waals surface area contributed by atoms with Crippen molar-refractivity contribution in [3.8, 4) is 0 Å². The smallest absolute Gasteiger partial charge is 0.313 e. The molecule has 15 heavy (non-hydrogen) atoms. The third kappa shape index (κ3) is 1.76. The quantitative estimate of drug-likeness (QED) is 0.674. The highest BCUT2D eigenvalue weighted by Gasteiger charge is 2.48. The van der Waals surface area contributed by atoms with Crippen LogP contribution in [0.25, 0.3) is 0 Å². The van der Waals surface area contributed by atoms with Gasteiger partial charge < -0.3 is 9.84 Å². The molecular formula is C11H19NO3. The molecule has 2 aliphatic heterocycles. The van der Waals surface area contributed by atoms with E-state index in [1.54, 1.807) is 6.92 Å². The predicted octanol–water partition coefficient (Wildman–Crippen LogP) is 0.393. The van der Waals surface area contributed by atoms with Crippen molar-refractivity contribution in [1.29, 1.82) is 0 Å². The van der Waals surface area contributed by atoms with Crippen molar-refractivity contribution in [2.75, 3.05) is 13.7 Å². The van der Waals surface area contributed by atoms with Crippen LogP contribution in [0.3, 0.4) is 0 Å². The lowest BCUT2D eigenvalue weighted by Gasteiger charge is -2.39. The maximum atomic E-state index is 11.7. The second-order valence-electron chi connectivity index (χ2n) is 4.54. The molecule has 4 heteroatoms. The molecule has 2 bridgehead atoms. The van der Waals surface area contributed by atoms with Gasteiger partial charge in [0.05, 0.1) is 18.6 Å². The first-order chi connectivity index (χ1) is 7.15. The number of carbonyl (C=O) groups is 1. The summed E-state index contributed by atoms with van der Waals surface area (Å²) >= 11 is 0. The SMILES string of the molecule is CCOC(=O)C1C(O)CC2CCC1N2C. The number of carbonyl (C=O) groups excluding carboxylic acids is 1. The Morgan fingerprint density at radius 3 is 2.93 bits per heavy atom. The van der Waals surface area contributed by atoms with E-state index >= 15 is 0 Å². The monoisotopic (exact) mass is 213 g/mol. The van der Waals surface area contributed by atoms with Gasteiger partial charge in [-0.05, 0) is 33.2 Å². The number of esters is 1. The lowest BCUT2D eigenvalue weighted by atomic mass is 9.88. The normalized spacial score (nSPS) is 40.5. The highest BCUT2D eigenvalue weighted by atomic mass is 16.5. The van der Waals surface area contributed by atoms with Crippen LogP contribution < -0.4 is 0 Å². The molecule has 2 fully saturated rings. The van der Waals surface area contributed by atoms with E-state index in [1.807, 2.05) is 7.05 Å². The summed E-state index contributed by atoms with van der Waals surface area (Å²) in [6.45, 7) is 2.19. The fourth-order valence-corrected chi connectivity index (χ4v) is 2.99. The van der Waals surface area contributed by atoms with Crippen molar-refractivity contribution in [3.05, 3.63) is 0 Å². The number of hydrogen-bond donors (Lipinski definition) is 1. The van der Waals surface area contributed by atoms with Gasteiger partial charge in [-0.1, -0.05) is 0 Å². The van der Waals surface area contributed by atoms with Crippen molar-refractivity contribution in [2.24, 2.45) is 5.92 Å². The zero-order chi connectivity index (χ0) is 11.0. The van der Waals surface area contributed by atoms with Gasteiger partial charge in [0, 0.05) is 12.1 Å². The minimum Gasteiger partial charge on any atom is -0.466 e. The molecule has 0 aliphatic carbocycles. The summed E-state index contributed by atoms with van der Waals surface area (Å²) < 4.78 is 5.03. The highest BCUT2D eigenvalue weighted by molar-refractivity contribution is 5.74. The van der Waals surface area contributed by atoms with Crippen LogP contribution in [-0.2, 0) is 9.53 Å². The summed E-state index contributed by atoms with van der Waals surface area (Å²) in [6.07, 6.45) is 2.28. The molecule has 0 aromatic heterocycles. The summed E-state index contributed by atoms with van der Waals surface area (Å²) in [5.41, 5.74) is 0. The predicted molar refractivity (Wildman–Crippen MR) is 55.3 cm³/mol. The van der Waals surface area contributed by atoms with Crippen molar-refractivity contribution in [2.45, 2.75) is 44.4 Å². The van der Waals surface area contributed by atoms with Crippen LogP contribution in [0.1, 0.15) is 26.2 Å². The van der Waals surface area contributed by atoms with E-state index in [-0.39, 0.29) is 17.9 Å². The van der Waals surface area contributed by atoms with Gasteiger partial charge >= 0.3 is 5.97 Å². The summed E-state index contributed by atoms with van der Waals surface area (Å²) in [5, 5.41) is 9.94. The van der Waals surface area contributed by atoms with Crippen LogP contribution in [0.2, 0.25) is 0 Å². The van der Waals surface area contributed by atoms with E-state index in [0.717, 1.165) is 12.8 Å². The average Bonchev–Trinajstić information content (AvgIpc) is 2.46. The van der Waals surface area contributed by atoms with E-state index in [2.05, 4.69) is 4.90 Å². The van der Waals surface area contributed by atoms with Crippen LogP contribution >= 0.6 is 0 Å². The van der Waals surface area contributed by atoms with Crippen LogP contribution in [0.4, 0.5) is 0 Å². The van der Waals surface area contributed by atoms with E-state index < -0.39 is 6.10 Å². The molecule has 4 atom stereocenters. The summed E-state index contributed by atoms with van der Waals surface area (Å²) in [7, 11) is 2.04. The molecule has 0 amide bonds. The third-order valence-electron chi connectivity index (χ3n) is 3.80. The summed E-state index contributed by atoms with van der Waals surface area (Å²) in [4.78, 5) is 14.0. The zero-order valence-electron chi connectivity index (χ0n) is 9.35. The number of hydrogen-bond acceptors (Lipinski definition) is 4. The van der Waals surface area contributed by atoms with Crippen LogP contribution in [0.5, 0.6) is 0 Å². The second kappa shape index (κ2) is 4.10. The lowest BCUT2D eigenvalue weighted by molar-refractivity contribution is -0.158. The van der Waals surface area contributed by atoms with Crippen LogP contribution in [-0.4, -0.2) is 47.8 Å². The second-order valence-corrected chi connectivity index (χ2v) is 4.54. The van der Waals surface area contributed by atoms with E-state index in [0.29, 0.717) is 19.1 Å². The maximum absolute atomic E-state index is 11.7. The zero-order valence-corrected chi connectivity index (χ0v) is 9.35. The van der Waals surface area contributed by atoms with Crippen LogP contribution in [0, 0.1) is 5.92 Å². The molecule has 2 aliphatic rings. The van der Waals surface area contributed by atoms with Gasteiger partial charge in [0.1, 0.15) is 0 Å². The number of fused-ring (bicyclic) bond motifs is 2. The number of ether oxygens (including phenoxy) is 1. The summed E-state index contributed by atoms with van der Waals surface area (Å²) in [5.74, 6) is -0.573. The van der Waals surface area contributed by atoms with Crippen LogP contribution in [0.15, 0.2) is 0 Å². The topological polar surface area (TPSA) is 49.8 Å². The first-order valence-electron chi connectivity index (χ1n) is 5.71. The number of rotatable bonds is 2. The molecule has 4 nitrogen and oxygen atoms in total. The van der Waals surface area contributed by atoms with Gasteiger partial charge in [-0.2, -0.15) is 0 Å². The summed E-state index contributed by atoms with van der Waals surface area (Å²) in [6, 6.07) is 0.633. The van der Waals surface area contributed by atoms with Crippen molar-refractivity contribution >= 4 is 5.97 Å². The Morgan fingerprint density at radius 2 is 2.27 bits per heavy atom. The molecule has 86 valence electrons. The van der Waals surface area contributed by atoms with Gasteiger partial charge in [0.25, 0.3) is 0 Å². The Labute approximate surface area is 90.2 Å². The standard InChI is InChI=1S/C11H19NO3/c1-3-15-11(14)10-8-5-4-7(12(8)2)6-9(10)13/h7-10,13H,3-6H2,1-2H3. The van der Waals surface area contributed by atoms with Gasteiger partial charge in [0.2, 0.25) is 0 Å². The van der Waals surface area contributed by atoms with Crippen molar-refractivity contribution < 1.29 is 14.6 Å². The first kappa shape index (κ1) is 10.9. The molecule has 0 saturated carbocycles. The molecule has 0 aromatic carbocycles. The number of piperidine rings is 1. The molecule has 1 N–H and O–H groups in total. The fraction of sp³-hybridized carbons (Fsp3) is 0.909. The van der Waals surface area contributed by atoms with Gasteiger partial charge in [0.15, 0.2) is 0 Å². The first-order valence-corrected chi connectivity index (χ1v) is 5.71. The molecule has 0 aromatic rings. The molecule has 2 saturated heterocycles. The molecule has 4 unspecified atom stereocenters. The Hall–Kier alpha value is -0.610. The van der Waals surface area contributed by atoms with Gasteiger partial charge in [-0.25, -0.2) is 0 Å². The molecule has 2 heterocycles. The van der Waals surface area contributed by atoms with E-state index in [1.165, 1.54) is 0 Å². The molecule has 0 spiro atoms. The van der Waals surface area contributed by atoms with E-state index in [4.69, 9.17) is 4.74 Å². The highest BCUT2D eigenvalue weighted by Crippen LogP contribution is 2.38. The number of aliphatic hydroxyl groups is 1. The molecule has 2 rings (SSSR count).